The van der Waals surface area contributed by atoms with Gasteiger partial charge < -0.3 is 5.73 Å². The number of hydrogen-bond acceptors (Lipinski definition) is 4. The minimum atomic E-state index is 0.447. The molecule has 5 heteroatoms. The highest BCUT2D eigenvalue weighted by atomic mass is 15.2. The molecule has 0 atom stereocenters. The predicted molar refractivity (Wildman–Crippen MR) is 76.9 cm³/mol. The molecule has 1 aromatic carbocycles. The maximum atomic E-state index is 8.80. The molecular formula is C15H13N5. The second-order valence-electron chi connectivity index (χ2n) is 4.72. The molecule has 0 spiro atoms. The van der Waals surface area contributed by atoms with Crippen LogP contribution in [-0.2, 0) is 6.54 Å². The fraction of sp³-hybridized carbons (Fsp3) is 0.133. The molecule has 98 valence electrons. The maximum absolute atomic E-state index is 8.80. The van der Waals surface area contributed by atoms with Gasteiger partial charge in [0.15, 0.2) is 5.65 Å². The molecule has 0 radical (unpaired) electrons. The molecule has 0 saturated carbocycles. The Kier molecular flexibility index (Phi) is 2.84. The van der Waals surface area contributed by atoms with Crippen molar-refractivity contribution >= 4 is 17.1 Å². The maximum Gasteiger partial charge on any atom is 0.202 e. The van der Waals surface area contributed by atoms with Crippen molar-refractivity contribution in [1.82, 2.24) is 14.5 Å². The van der Waals surface area contributed by atoms with Crippen LogP contribution in [0.5, 0.6) is 0 Å². The van der Waals surface area contributed by atoms with Crippen LogP contribution in [0.15, 0.2) is 36.5 Å². The summed E-state index contributed by atoms with van der Waals surface area (Å²) in [5.41, 5.74) is 10.3. The lowest BCUT2D eigenvalue weighted by Gasteiger charge is -2.06. The number of anilines is 1. The average molecular weight is 263 g/mol. The molecule has 2 N–H and O–H groups in total. The summed E-state index contributed by atoms with van der Waals surface area (Å²) >= 11 is 0. The molecule has 2 heterocycles. The van der Waals surface area contributed by atoms with Crippen LogP contribution in [0.3, 0.4) is 0 Å². The Hall–Kier alpha value is -2.87. The number of fused-ring (bicyclic) bond motifs is 1. The molecule has 0 aliphatic heterocycles. The number of pyridine rings is 1. The fourth-order valence-corrected chi connectivity index (χ4v) is 2.15. The van der Waals surface area contributed by atoms with Gasteiger partial charge in [0.05, 0.1) is 18.2 Å². The number of aryl methyl sites for hydroxylation is 1. The van der Waals surface area contributed by atoms with Crippen LogP contribution in [0, 0.1) is 18.3 Å². The molecule has 0 bridgehead atoms. The van der Waals surface area contributed by atoms with E-state index in [1.807, 2.05) is 29.7 Å². The van der Waals surface area contributed by atoms with Crippen LogP contribution in [0.2, 0.25) is 0 Å². The molecule has 0 amide bonds. The van der Waals surface area contributed by atoms with E-state index in [2.05, 4.69) is 16.0 Å². The van der Waals surface area contributed by atoms with Gasteiger partial charge in [-0.3, -0.25) is 4.57 Å². The number of imidazole rings is 1. The molecule has 3 aromatic rings. The monoisotopic (exact) mass is 263 g/mol. The Morgan fingerprint density at radius 1 is 1.30 bits per heavy atom. The van der Waals surface area contributed by atoms with Crippen molar-refractivity contribution in [3.8, 4) is 6.07 Å². The van der Waals surface area contributed by atoms with E-state index in [4.69, 9.17) is 11.0 Å². The van der Waals surface area contributed by atoms with E-state index in [0.29, 0.717) is 18.1 Å². The quantitative estimate of drug-likeness (QED) is 0.768. The van der Waals surface area contributed by atoms with Crippen molar-refractivity contribution in [2.24, 2.45) is 0 Å². The summed E-state index contributed by atoms with van der Waals surface area (Å²) in [7, 11) is 0. The van der Waals surface area contributed by atoms with Crippen molar-refractivity contribution < 1.29 is 0 Å². The molecule has 0 fully saturated rings. The van der Waals surface area contributed by atoms with Gasteiger partial charge in [-0.25, -0.2) is 9.97 Å². The van der Waals surface area contributed by atoms with Gasteiger partial charge in [-0.05, 0) is 36.2 Å². The van der Waals surface area contributed by atoms with Crippen molar-refractivity contribution in [2.75, 3.05) is 5.73 Å². The number of nitrogen functional groups attached to an aromatic ring is 1. The Balaban J connectivity index is 2.01. The van der Waals surface area contributed by atoms with Crippen molar-refractivity contribution in [3.63, 3.8) is 0 Å². The van der Waals surface area contributed by atoms with E-state index >= 15 is 0 Å². The number of hydrogen-bond donors (Lipinski definition) is 1. The number of rotatable bonds is 2. The molecule has 3 rings (SSSR count). The SMILES string of the molecule is Cc1cnc2c(c1)nc(N)n2Cc1ccc(C#N)cc1. The highest BCUT2D eigenvalue weighted by Crippen LogP contribution is 2.18. The molecule has 5 nitrogen and oxygen atoms in total. The number of benzene rings is 1. The van der Waals surface area contributed by atoms with Gasteiger partial charge in [0.2, 0.25) is 5.95 Å². The van der Waals surface area contributed by atoms with E-state index < -0.39 is 0 Å². The molecule has 0 aliphatic carbocycles. The third kappa shape index (κ3) is 2.08. The minimum Gasteiger partial charge on any atom is -0.369 e. The molecule has 0 aliphatic rings. The largest absolute Gasteiger partial charge is 0.369 e. The summed E-state index contributed by atoms with van der Waals surface area (Å²) in [6.45, 7) is 2.56. The van der Waals surface area contributed by atoms with Crippen LogP contribution in [0.4, 0.5) is 5.95 Å². The Labute approximate surface area is 116 Å². The van der Waals surface area contributed by atoms with Gasteiger partial charge in [-0.2, -0.15) is 5.26 Å². The second kappa shape index (κ2) is 4.67. The topological polar surface area (TPSA) is 80.5 Å². The van der Waals surface area contributed by atoms with Gasteiger partial charge in [-0.15, -0.1) is 0 Å². The van der Waals surface area contributed by atoms with E-state index in [1.54, 1.807) is 18.3 Å². The standard InChI is InChI=1S/C15H13N5/c1-10-6-13-14(18-8-10)20(15(17)19-13)9-12-4-2-11(7-16)3-5-12/h2-6,8H,9H2,1H3,(H2,17,19). The first-order chi connectivity index (χ1) is 9.67. The lowest BCUT2D eigenvalue weighted by atomic mass is 10.1. The molecule has 0 saturated heterocycles. The van der Waals surface area contributed by atoms with Gasteiger partial charge in [0.25, 0.3) is 0 Å². The summed E-state index contributed by atoms with van der Waals surface area (Å²) in [5, 5.41) is 8.80. The zero-order chi connectivity index (χ0) is 14.1. The van der Waals surface area contributed by atoms with Gasteiger partial charge in [0, 0.05) is 6.20 Å². The fourth-order valence-electron chi connectivity index (χ4n) is 2.15. The molecule has 0 unspecified atom stereocenters. The van der Waals surface area contributed by atoms with E-state index in [-0.39, 0.29) is 0 Å². The summed E-state index contributed by atoms with van der Waals surface area (Å²) in [6.07, 6.45) is 1.80. The van der Waals surface area contributed by atoms with Crippen LogP contribution in [0.1, 0.15) is 16.7 Å². The molecule has 2 aromatic heterocycles. The van der Waals surface area contributed by atoms with E-state index in [0.717, 1.165) is 22.3 Å². The minimum absolute atomic E-state index is 0.447. The normalized spacial score (nSPS) is 10.6. The van der Waals surface area contributed by atoms with Gasteiger partial charge in [0.1, 0.15) is 5.52 Å². The van der Waals surface area contributed by atoms with E-state index in [1.165, 1.54) is 0 Å². The number of nitriles is 1. The van der Waals surface area contributed by atoms with Crippen LogP contribution in [-0.4, -0.2) is 14.5 Å². The Morgan fingerprint density at radius 2 is 2.05 bits per heavy atom. The number of nitrogens with zero attached hydrogens (tertiary/aromatic N) is 4. The number of aromatic nitrogens is 3. The summed E-state index contributed by atoms with van der Waals surface area (Å²) in [6, 6.07) is 11.5. The average Bonchev–Trinajstić information content (AvgIpc) is 2.75. The Morgan fingerprint density at radius 3 is 2.75 bits per heavy atom. The smallest absolute Gasteiger partial charge is 0.202 e. The third-order valence-corrected chi connectivity index (χ3v) is 3.17. The second-order valence-corrected chi connectivity index (χ2v) is 4.72. The third-order valence-electron chi connectivity index (χ3n) is 3.17. The highest BCUT2D eigenvalue weighted by Gasteiger charge is 2.09. The highest BCUT2D eigenvalue weighted by molar-refractivity contribution is 5.74. The predicted octanol–water partition coefficient (Wildman–Crippen LogP) is 2.24. The van der Waals surface area contributed by atoms with Crippen molar-refractivity contribution in [3.05, 3.63) is 53.2 Å². The first-order valence-corrected chi connectivity index (χ1v) is 6.25. The van der Waals surface area contributed by atoms with Gasteiger partial charge >= 0.3 is 0 Å². The van der Waals surface area contributed by atoms with E-state index in [9.17, 15) is 0 Å². The van der Waals surface area contributed by atoms with Gasteiger partial charge in [-0.1, -0.05) is 12.1 Å². The summed E-state index contributed by atoms with van der Waals surface area (Å²) < 4.78 is 1.87. The first-order valence-electron chi connectivity index (χ1n) is 6.25. The lowest BCUT2D eigenvalue weighted by Crippen LogP contribution is -2.05. The van der Waals surface area contributed by atoms with Crippen LogP contribution >= 0.6 is 0 Å². The zero-order valence-corrected chi connectivity index (χ0v) is 11.0. The van der Waals surface area contributed by atoms with Crippen LogP contribution < -0.4 is 5.73 Å². The molecule has 20 heavy (non-hydrogen) atoms. The Bertz CT molecular complexity index is 809. The summed E-state index contributed by atoms with van der Waals surface area (Å²) in [5.74, 6) is 0.447. The number of nitrogens with two attached hydrogens (primary N) is 1. The lowest BCUT2D eigenvalue weighted by molar-refractivity contribution is 0.827. The van der Waals surface area contributed by atoms with Crippen LogP contribution in [0.25, 0.3) is 11.2 Å². The van der Waals surface area contributed by atoms with Crippen molar-refractivity contribution in [1.29, 1.82) is 5.26 Å². The molecular weight excluding hydrogens is 250 g/mol. The zero-order valence-electron chi connectivity index (χ0n) is 11.0. The first kappa shape index (κ1) is 12.2. The summed E-state index contributed by atoms with van der Waals surface area (Å²) in [4.78, 5) is 8.73. The van der Waals surface area contributed by atoms with Crippen molar-refractivity contribution in [2.45, 2.75) is 13.5 Å².